The molecule has 0 aliphatic heterocycles. The number of rotatable bonds is 6. The van der Waals surface area contributed by atoms with Crippen LogP contribution in [0.2, 0.25) is 0 Å². The van der Waals surface area contributed by atoms with Gasteiger partial charge in [-0.2, -0.15) is 21.6 Å². The zero-order valence-corrected chi connectivity index (χ0v) is 23.5. The molecule has 3 aromatic rings. The maximum Gasteiger partial charge on any atom is 0.429 e. The van der Waals surface area contributed by atoms with E-state index >= 15 is 0 Å². The summed E-state index contributed by atoms with van der Waals surface area (Å²) in [6.07, 6.45) is -5.32. The number of hydrogen-bond donors (Lipinski definition) is 1. The van der Waals surface area contributed by atoms with Crippen LogP contribution in [0.1, 0.15) is 27.6 Å². The van der Waals surface area contributed by atoms with E-state index in [4.69, 9.17) is 9.29 Å². The lowest BCUT2D eigenvalue weighted by Crippen LogP contribution is -2.51. The maximum atomic E-state index is 13.6. The highest BCUT2D eigenvalue weighted by Crippen LogP contribution is 2.38. The van der Waals surface area contributed by atoms with Crippen molar-refractivity contribution in [2.45, 2.75) is 18.7 Å². The summed E-state index contributed by atoms with van der Waals surface area (Å²) in [6, 6.07) is 11.4. The number of alkyl halides is 3. The summed E-state index contributed by atoms with van der Waals surface area (Å²) in [7, 11) is -5.16. The highest BCUT2D eigenvalue weighted by molar-refractivity contribution is 9.11. The van der Waals surface area contributed by atoms with Crippen LogP contribution in [0.3, 0.4) is 0 Å². The van der Waals surface area contributed by atoms with Crippen LogP contribution >= 0.6 is 47.8 Å². The molecule has 0 bridgehead atoms. The molecule has 1 unspecified atom stereocenters. The third-order valence-corrected chi connectivity index (χ3v) is 7.45. The van der Waals surface area contributed by atoms with Gasteiger partial charge in [0.1, 0.15) is 5.75 Å². The first-order valence-corrected chi connectivity index (χ1v) is 13.6. The van der Waals surface area contributed by atoms with Crippen molar-refractivity contribution in [1.82, 2.24) is 0 Å². The second kappa shape index (κ2) is 10.4. The monoisotopic (exact) mass is 716 g/mol. The molecule has 1 atom stereocenters. The van der Waals surface area contributed by atoms with E-state index in [0.29, 0.717) is 20.3 Å². The van der Waals surface area contributed by atoms with Crippen molar-refractivity contribution in [3.8, 4) is 5.75 Å². The molecule has 0 heterocycles. The van der Waals surface area contributed by atoms with E-state index in [-0.39, 0.29) is 27.6 Å². The van der Waals surface area contributed by atoms with Gasteiger partial charge in [-0.25, -0.2) is 9.59 Å². The summed E-state index contributed by atoms with van der Waals surface area (Å²) in [6.45, 7) is 0.334. The summed E-state index contributed by atoms with van der Waals surface area (Å²) in [5.41, 5.74) is -3.89. The minimum atomic E-state index is -5.32. The van der Waals surface area contributed by atoms with Gasteiger partial charge in [0.15, 0.2) is 5.75 Å². The third kappa shape index (κ3) is 6.28. The summed E-state index contributed by atoms with van der Waals surface area (Å²) in [5.74, 6) is -4.05. The van der Waals surface area contributed by atoms with Crippen molar-refractivity contribution < 1.29 is 45.2 Å². The lowest BCUT2D eigenvalue weighted by atomic mass is 9.99. The fourth-order valence-electron chi connectivity index (χ4n) is 3.22. The standard InChI is InChI=1S/C22H14Br3F3O7S/c1-21(22(26,27)28,10-36(31,32)33)35-20(30)15-7-3-4-12-13(15)5-2-6-14(12)19(29)34-18-16(24)8-11(23)9-17(18)25/h2-9H,10H2,1H3,(H,31,32,33). The molecule has 0 aliphatic carbocycles. The van der Waals surface area contributed by atoms with Gasteiger partial charge in [0, 0.05) is 4.47 Å². The minimum Gasteiger partial charge on any atom is -0.445 e. The van der Waals surface area contributed by atoms with Gasteiger partial charge in [0.25, 0.3) is 10.1 Å². The van der Waals surface area contributed by atoms with Crippen LogP contribution in [0.25, 0.3) is 10.8 Å². The predicted molar refractivity (Wildman–Crippen MR) is 135 cm³/mol. The van der Waals surface area contributed by atoms with Gasteiger partial charge in [-0.1, -0.05) is 40.2 Å². The number of benzene rings is 3. The number of carbonyl (C=O) groups is 2. The number of fused-ring (bicyclic) bond motifs is 1. The normalized spacial score (nSPS) is 13.8. The molecule has 0 saturated heterocycles. The number of esters is 2. The molecular weight excluding hydrogens is 705 g/mol. The van der Waals surface area contributed by atoms with E-state index in [2.05, 4.69) is 52.5 Å². The van der Waals surface area contributed by atoms with E-state index in [1.54, 1.807) is 12.1 Å². The van der Waals surface area contributed by atoms with Crippen molar-refractivity contribution >= 4 is 80.6 Å². The summed E-state index contributed by atoms with van der Waals surface area (Å²) < 4.78 is 83.7. The summed E-state index contributed by atoms with van der Waals surface area (Å²) >= 11 is 9.89. The molecule has 0 aromatic heterocycles. The van der Waals surface area contributed by atoms with Crippen LogP contribution < -0.4 is 4.74 Å². The molecule has 14 heteroatoms. The Morgan fingerprint density at radius 2 is 1.39 bits per heavy atom. The van der Waals surface area contributed by atoms with Crippen molar-refractivity contribution in [3.05, 3.63) is 73.1 Å². The van der Waals surface area contributed by atoms with E-state index in [9.17, 15) is 31.2 Å². The quantitative estimate of drug-likeness (QED) is 0.172. The molecule has 0 fully saturated rings. The topological polar surface area (TPSA) is 107 Å². The van der Waals surface area contributed by atoms with Crippen molar-refractivity contribution in [2.75, 3.05) is 5.75 Å². The lowest BCUT2D eigenvalue weighted by molar-refractivity contribution is -0.243. The van der Waals surface area contributed by atoms with Crippen LogP contribution in [0.4, 0.5) is 13.2 Å². The predicted octanol–water partition coefficient (Wildman–Crippen LogP) is 6.71. The molecule has 0 spiro atoms. The molecule has 0 saturated carbocycles. The summed E-state index contributed by atoms with van der Waals surface area (Å²) in [5, 5.41) is 0.229. The van der Waals surface area contributed by atoms with Gasteiger partial charge in [-0.3, -0.25) is 4.55 Å². The Bertz CT molecular complexity index is 1450. The van der Waals surface area contributed by atoms with E-state index in [1.807, 2.05) is 0 Å². The number of hydrogen-bond acceptors (Lipinski definition) is 6. The van der Waals surface area contributed by atoms with Crippen LogP contribution in [0.5, 0.6) is 5.75 Å². The number of halogens is 6. The Labute approximate surface area is 228 Å². The molecule has 3 aromatic carbocycles. The molecule has 36 heavy (non-hydrogen) atoms. The smallest absolute Gasteiger partial charge is 0.429 e. The van der Waals surface area contributed by atoms with Gasteiger partial charge in [-0.05, 0) is 73.8 Å². The molecule has 0 aliphatic rings. The highest BCUT2D eigenvalue weighted by Gasteiger charge is 2.57. The number of carbonyl (C=O) groups excluding carboxylic acids is 2. The van der Waals surface area contributed by atoms with Crippen LogP contribution in [0.15, 0.2) is 61.9 Å². The van der Waals surface area contributed by atoms with E-state index in [0.717, 1.165) is 6.07 Å². The van der Waals surface area contributed by atoms with Gasteiger partial charge < -0.3 is 9.47 Å². The van der Waals surface area contributed by atoms with Gasteiger partial charge in [0.2, 0.25) is 5.60 Å². The van der Waals surface area contributed by atoms with Gasteiger partial charge in [0.05, 0.1) is 20.1 Å². The number of ether oxygens (including phenoxy) is 2. The van der Waals surface area contributed by atoms with Crippen molar-refractivity contribution in [2.24, 2.45) is 0 Å². The van der Waals surface area contributed by atoms with Gasteiger partial charge >= 0.3 is 18.1 Å². The first-order chi connectivity index (χ1) is 16.5. The Morgan fingerprint density at radius 1 is 0.917 bits per heavy atom. The van der Waals surface area contributed by atoms with Gasteiger partial charge in [-0.15, -0.1) is 0 Å². The molecule has 3 rings (SSSR count). The van der Waals surface area contributed by atoms with Crippen LogP contribution in [-0.4, -0.2) is 42.4 Å². The fraction of sp³-hybridized carbons (Fsp3) is 0.182. The maximum absolute atomic E-state index is 13.6. The molecule has 1 N–H and O–H groups in total. The first-order valence-electron chi connectivity index (χ1n) is 9.66. The van der Waals surface area contributed by atoms with E-state index in [1.165, 1.54) is 30.3 Å². The Hall–Kier alpha value is -2.00. The first kappa shape index (κ1) is 28.6. The fourth-order valence-corrected chi connectivity index (χ4v) is 6.56. The molecular formula is C22H14Br3F3O7S. The average Bonchev–Trinajstić information content (AvgIpc) is 2.73. The lowest BCUT2D eigenvalue weighted by Gasteiger charge is -2.30. The average molecular weight is 719 g/mol. The Balaban J connectivity index is 2.02. The zero-order valence-electron chi connectivity index (χ0n) is 17.9. The molecule has 0 amide bonds. The Morgan fingerprint density at radius 3 is 1.83 bits per heavy atom. The molecule has 0 radical (unpaired) electrons. The SMILES string of the molecule is CC(CS(=O)(=O)O)(OC(=O)c1cccc2c(C(=O)Oc3c(Br)cc(Br)cc3Br)cccc12)C(F)(F)F. The van der Waals surface area contributed by atoms with Crippen LogP contribution in [0, 0.1) is 0 Å². The second-order valence-corrected chi connectivity index (χ2v) is 11.7. The summed E-state index contributed by atoms with van der Waals surface area (Å²) in [4.78, 5) is 25.7. The van der Waals surface area contributed by atoms with Crippen molar-refractivity contribution in [3.63, 3.8) is 0 Å². The minimum absolute atomic E-state index is 0.000359. The van der Waals surface area contributed by atoms with Crippen molar-refractivity contribution in [1.29, 1.82) is 0 Å². The Kier molecular flexibility index (Phi) is 8.25. The molecule has 7 nitrogen and oxygen atoms in total. The second-order valence-electron chi connectivity index (χ2n) is 7.64. The zero-order chi connectivity index (χ0) is 27.1. The molecule has 192 valence electrons. The largest absolute Gasteiger partial charge is 0.445 e. The third-order valence-electron chi connectivity index (χ3n) is 4.90. The highest BCUT2D eigenvalue weighted by atomic mass is 79.9. The van der Waals surface area contributed by atoms with Crippen LogP contribution in [-0.2, 0) is 14.9 Å². The van der Waals surface area contributed by atoms with E-state index < -0.39 is 39.6 Å².